The number of hydrogen-bond acceptors (Lipinski definition) is 4. The Bertz CT molecular complexity index is 633. The van der Waals surface area contributed by atoms with Crippen LogP contribution in [0.1, 0.15) is 33.3 Å². The average molecular weight is 273 g/mol. The summed E-state index contributed by atoms with van der Waals surface area (Å²) in [6, 6.07) is 3.82. The van der Waals surface area contributed by atoms with Gasteiger partial charge >= 0.3 is 6.09 Å². The molecule has 0 spiro atoms. The lowest BCUT2D eigenvalue weighted by Gasteiger charge is -2.20. The summed E-state index contributed by atoms with van der Waals surface area (Å²) in [5.41, 5.74) is 1.98. The number of ether oxygens (including phenoxy) is 1. The van der Waals surface area contributed by atoms with Crippen molar-refractivity contribution in [3.8, 4) is 0 Å². The number of anilines is 1. The van der Waals surface area contributed by atoms with Crippen LogP contribution in [0.3, 0.4) is 0 Å². The first-order chi connectivity index (χ1) is 9.40. The molecule has 0 radical (unpaired) electrons. The summed E-state index contributed by atoms with van der Waals surface area (Å²) in [7, 11) is 0. The van der Waals surface area contributed by atoms with Crippen LogP contribution in [0.15, 0.2) is 24.7 Å². The fourth-order valence-electron chi connectivity index (χ4n) is 1.95. The van der Waals surface area contributed by atoms with Gasteiger partial charge in [-0.3, -0.25) is 5.32 Å². The molecule has 0 fully saturated rings. The van der Waals surface area contributed by atoms with E-state index < -0.39 is 11.7 Å². The molecule has 5 nitrogen and oxygen atoms in total. The second kappa shape index (κ2) is 5.45. The van der Waals surface area contributed by atoms with Crippen molar-refractivity contribution >= 4 is 22.7 Å². The fraction of sp³-hybridized carbons (Fsp3) is 0.400. The van der Waals surface area contributed by atoms with Gasteiger partial charge in [0.25, 0.3) is 0 Å². The van der Waals surface area contributed by atoms with Gasteiger partial charge in [0, 0.05) is 11.6 Å². The van der Waals surface area contributed by atoms with Gasteiger partial charge in [-0.15, -0.1) is 0 Å². The first-order valence-electron chi connectivity index (χ1n) is 6.62. The number of aryl methyl sites for hydroxylation is 1. The lowest BCUT2D eigenvalue weighted by atomic mass is 10.1. The number of nitrogens with zero attached hydrogens (tertiary/aromatic N) is 2. The Morgan fingerprint density at radius 1 is 1.35 bits per heavy atom. The highest BCUT2D eigenvalue weighted by Crippen LogP contribution is 2.25. The first kappa shape index (κ1) is 14.2. The zero-order chi connectivity index (χ0) is 14.8. The number of carbonyl (C=O) groups is 1. The van der Waals surface area contributed by atoms with Crippen molar-refractivity contribution in [3.05, 3.63) is 30.2 Å². The van der Waals surface area contributed by atoms with E-state index in [0.29, 0.717) is 5.69 Å². The molecule has 0 aliphatic carbocycles. The highest BCUT2D eigenvalue weighted by Gasteiger charge is 2.17. The predicted molar refractivity (Wildman–Crippen MR) is 78.8 cm³/mol. The van der Waals surface area contributed by atoms with Crippen molar-refractivity contribution in [2.45, 2.75) is 39.7 Å². The van der Waals surface area contributed by atoms with Crippen LogP contribution in [0.2, 0.25) is 0 Å². The number of nitrogens with one attached hydrogen (secondary N) is 1. The van der Waals surface area contributed by atoms with Gasteiger partial charge in [-0.2, -0.15) is 0 Å². The Morgan fingerprint density at radius 3 is 2.75 bits per heavy atom. The molecule has 1 amide bonds. The molecule has 106 valence electrons. The zero-order valence-electron chi connectivity index (χ0n) is 12.2. The molecule has 0 saturated heterocycles. The van der Waals surface area contributed by atoms with E-state index in [-0.39, 0.29) is 0 Å². The second-order valence-electron chi connectivity index (χ2n) is 5.54. The third kappa shape index (κ3) is 3.23. The summed E-state index contributed by atoms with van der Waals surface area (Å²) >= 11 is 0. The maximum absolute atomic E-state index is 11.8. The van der Waals surface area contributed by atoms with Gasteiger partial charge in [-0.25, -0.2) is 14.8 Å². The Hall–Kier alpha value is -2.17. The molecule has 1 N–H and O–H groups in total. The lowest BCUT2D eigenvalue weighted by Crippen LogP contribution is -2.27. The Morgan fingerprint density at radius 2 is 2.10 bits per heavy atom. The summed E-state index contributed by atoms with van der Waals surface area (Å²) in [6.07, 6.45) is 3.64. The zero-order valence-corrected chi connectivity index (χ0v) is 12.2. The summed E-state index contributed by atoms with van der Waals surface area (Å²) in [6.45, 7) is 7.55. The molecule has 1 aromatic carbocycles. The van der Waals surface area contributed by atoms with Crippen molar-refractivity contribution in [1.29, 1.82) is 0 Å². The number of carbonyl (C=O) groups excluding carboxylic acids is 1. The summed E-state index contributed by atoms with van der Waals surface area (Å²) in [5.74, 6) is 0. The van der Waals surface area contributed by atoms with Gasteiger partial charge in [0.2, 0.25) is 0 Å². The molecule has 2 aromatic rings. The van der Waals surface area contributed by atoms with Gasteiger partial charge < -0.3 is 4.74 Å². The maximum Gasteiger partial charge on any atom is 0.412 e. The quantitative estimate of drug-likeness (QED) is 0.909. The third-order valence-electron chi connectivity index (χ3n) is 2.78. The number of aromatic nitrogens is 2. The maximum atomic E-state index is 11.8. The SMILES string of the molecule is CCc1ccc(NC(=O)OC(C)(C)C)c2ncncc12. The fourth-order valence-corrected chi connectivity index (χ4v) is 1.95. The Kier molecular flexibility index (Phi) is 3.88. The van der Waals surface area contributed by atoms with E-state index in [1.165, 1.54) is 6.33 Å². The molecule has 0 aliphatic heterocycles. The molecule has 5 heteroatoms. The van der Waals surface area contributed by atoms with Gasteiger partial charge in [-0.1, -0.05) is 13.0 Å². The smallest absolute Gasteiger partial charge is 0.412 e. The molecule has 0 atom stereocenters. The van der Waals surface area contributed by atoms with E-state index in [4.69, 9.17) is 4.74 Å². The number of benzene rings is 1. The minimum absolute atomic E-state index is 0.485. The van der Waals surface area contributed by atoms with Crippen LogP contribution in [-0.4, -0.2) is 21.7 Å². The molecule has 2 rings (SSSR count). The predicted octanol–water partition coefficient (Wildman–Crippen LogP) is 3.54. The largest absolute Gasteiger partial charge is 0.444 e. The third-order valence-corrected chi connectivity index (χ3v) is 2.78. The molecule has 0 saturated carbocycles. The molecular weight excluding hydrogens is 254 g/mol. The van der Waals surface area contributed by atoms with Crippen LogP contribution in [0.25, 0.3) is 10.9 Å². The van der Waals surface area contributed by atoms with Crippen molar-refractivity contribution in [1.82, 2.24) is 9.97 Å². The van der Waals surface area contributed by atoms with Crippen molar-refractivity contribution in [3.63, 3.8) is 0 Å². The molecule has 1 aromatic heterocycles. The number of rotatable bonds is 2. The number of fused-ring (bicyclic) bond motifs is 1. The van der Waals surface area contributed by atoms with Crippen LogP contribution >= 0.6 is 0 Å². The van der Waals surface area contributed by atoms with E-state index in [1.807, 2.05) is 32.9 Å². The van der Waals surface area contributed by atoms with Gasteiger partial charge in [0.05, 0.1) is 11.2 Å². The monoisotopic (exact) mass is 273 g/mol. The van der Waals surface area contributed by atoms with Crippen LogP contribution in [0.5, 0.6) is 0 Å². The van der Waals surface area contributed by atoms with Crippen LogP contribution < -0.4 is 5.32 Å². The number of amides is 1. The van der Waals surface area contributed by atoms with Crippen molar-refractivity contribution < 1.29 is 9.53 Å². The van der Waals surface area contributed by atoms with E-state index in [9.17, 15) is 4.79 Å². The first-order valence-corrected chi connectivity index (χ1v) is 6.62. The van der Waals surface area contributed by atoms with Gasteiger partial charge in [0.1, 0.15) is 11.9 Å². The van der Waals surface area contributed by atoms with Crippen molar-refractivity contribution in [2.75, 3.05) is 5.32 Å². The molecule has 0 aliphatic rings. The van der Waals surface area contributed by atoms with E-state index in [2.05, 4.69) is 22.2 Å². The highest BCUT2D eigenvalue weighted by molar-refractivity contribution is 5.98. The molecule has 20 heavy (non-hydrogen) atoms. The molecule has 0 unspecified atom stereocenters. The van der Waals surface area contributed by atoms with Gasteiger partial charge in [0.15, 0.2) is 0 Å². The van der Waals surface area contributed by atoms with Gasteiger partial charge in [-0.05, 0) is 38.8 Å². The minimum Gasteiger partial charge on any atom is -0.444 e. The molecular formula is C15H19N3O2. The van der Waals surface area contributed by atoms with E-state index in [0.717, 1.165) is 22.9 Å². The normalized spacial score (nSPS) is 11.4. The van der Waals surface area contributed by atoms with Crippen molar-refractivity contribution in [2.24, 2.45) is 0 Å². The standard InChI is InChI=1S/C15H19N3O2/c1-5-10-6-7-12(13-11(10)8-16-9-17-13)18-14(19)20-15(2,3)4/h6-9H,5H2,1-4H3,(H,18,19). The lowest BCUT2D eigenvalue weighted by molar-refractivity contribution is 0.0636. The van der Waals surface area contributed by atoms with E-state index in [1.54, 1.807) is 6.20 Å². The topological polar surface area (TPSA) is 64.1 Å². The van der Waals surface area contributed by atoms with Crippen LogP contribution in [0.4, 0.5) is 10.5 Å². The summed E-state index contributed by atoms with van der Waals surface area (Å²) in [5, 5.41) is 3.69. The number of hydrogen-bond donors (Lipinski definition) is 1. The average Bonchev–Trinajstić information content (AvgIpc) is 2.37. The van der Waals surface area contributed by atoms with Crippen LogP contribution in [0, 0.1) is 0 Å². The Balaban J connectivity index is 2.34. The molecule has 0 bridgehead atoms. The highest BCUT2D eigenvalue weighted by atomic mass is 16.6. The summed E-state index contributed by atoms with van der Waals surface area (Å²) < 4.78 is 5.25. The molecule has 1 heterocycles. The summed E-state index contributed by atoms with van der Waals surface area (Å²) in [4.78, 5) is 20.2. The Labute approximate surface area is 118 Å². The minimum atomic E-state index is -0.530. The van der Waals surface area contributed by atoms with E-state index >= 15 is 0 Å². The second-order valence-corrected chi connectivity index (χ2v) is 5.54. The van der Waals surface area contributed by atoms with Crippen LogP contribution in [-0.2, 0) is 11.2 Å².